The number of carbonyl (C=O) groups is 1. The second kappa shape index (κ2) is 16.0. The molecule has 218 valence electrons. The van der Waals surface area contributed by atoms with Crippen molar-refractivity contribution in [2.75, 3.05) is 6.61 Å². The highest BCUT2D eigenvalue weighted by atomic mass is 35.5. The highest BCUT2D eigenvalue weighted by Crippen LogP contribution is 2.41. The Bertz CT molecular complexity index is 1340. The third-order valence-electron chi connectivity index (χ3n) is 7.17. The van der Waals surface area contributed by atoms with E-state index in [1.54, 1.807) is 11.8 Å². The average molecular weight is 603 g/mol. The zero-order valence-electron chi connectivity index (χ0n) is 23.3. The Balaban J connectivity index is 1.42. The van der Waals surface area contributed by atoms with Crippen LogP contribution in [-0.4, -0.2) is 36.6 Å². The normalized spacial score (nSPS) is 22.1. The Labute approximate surface area is 257 Å². The van der Waals surface area contributed by atoms with Crippen molar-refractivity contribution in [3.63, 3.8) is 0 Å². The summed E-state index contributed by atoms with van der Waals surface area (Å²) < 4.78 is 26.2. The molecule has 1 aliphatic rings. The number of halogens is 1. The van der Waals surface area contributed by atoms with Crippen LogP contribution in [0.1, 0.15) is 23.1 Å². The van der Waals surface area contributed by atoms with E-state index in [1.165, 1.54) is 0 Å². The Morgan fingerprint density at radius 2 is 1.21 bits per heavy atom. The van der Waals surface area contributed by atoms with E-state index in [0.717, 1.165) is 27.9 Å². The van der Waals surface area contributed by atoms with Crippen molar-refractivity contribution in [3.05, 3.63) is 137 Å². The van der Waals surface area contributed by atoms with Crippen LogP contribution in [0.3, 0.4) is 0 Å². The molecule has 1 aliphatic heterocycles. The first-order valence-corrected chi connectivity index (χ1v) is 15.4. The second-order valence-corrected chi connectivity index (χ2v) is 11.8. The number of thioether (sulfide) groups is 1. The van der Waals surface area contributed by atoms with Crippen molar-refractivity contribution >= 4 is 29.6 Å². The Hall–Kier alpha value is -2.97. The van der Waals surface area contributed by atoms with Crippen LogP contribution in [0.4, 0.5) is 0 Å². The van der Waals surface area contributed by atoms with E-state index < -0.39 is 18.3 Å². The number of aldehydes is 1. The van der Waals surface area contributed by atoms with E-state index in [9.17, 15) is 4.79 Å². The maximum absolute atomic E-state index is 12.0. The van der Waals surface area contributed by atoms with Crippen molar-refractivity contribution in [2.45, 2.75) is 54.9 Å². The average Bonchev–Trinajstić information content (AvgIpc) is 3.03. The molecule has 5 atom stereocenters. The van der Waals surface area contributed by atoms with E-state index in [-0.39, 0.29) is 17.8 Å². The topological polar surface area (TPSA) is 54.0 Å². The van der Waals surface area contributed by atoms with Crippen LogP contribution in [-0.2, 0) is 43.6 Å². The molecule has 0 spiro atoms. The third-order valence-corrected chi connectivity index (χ3v) is 8.66. The van der Waals surface area contributed by atoms with E-state index >= 15 is 0 Å². The molecular weight excluding hydrogens is 568 g/mol. The van der Waals surface area contributed by atoms with Crippen LogP contribution in [0.15, 0.2) is 120 Å². The summed E-state index contributed by atoms with van der Waals surface area (Å²) in [5.41, 5.74) is 2.82. The van der Waals surface area contributed by atoms with Crippen LogP contribution in [0, 0.1) is 5.92 Å². The van der Waals surface area contributed by atoms with E-state index in [0.29, 0.717) is 31.5 Å². The highest BCUT2D eigenvalue weighted by molar-refractivity contribution is 7.99. The summed E-state index contributed by atoms with van der Waals surface area (Å²) in [7, 11) is 0. The highest BCUT2D eigenvalue weighted by Gasteiger charge is 2.47. The minimum Gasteiger partial charge on any atom is -0.374 e. The smallest absolute Gasteiger partial charge is 0.120 e. The quantitative estimate of drug-likeness (QED) is 0.138. The first kappa shape index (κ1) is 30.5. The molecule has 42 heavy (non-hydrogen) atoms. The molecule has 5 rings (SSSR count). The van der Waals surface area contributed by atoms with E-state index in [1.807, 2.05) is 115 Å². The fraction of sp³-hybridized carbons (Fsp3) is 0.286. The van der Waals surface area contributed by atoms with Gasteiger partial charge in [-0.3, -0.25) is 0 Å². The van der Waals surface area contributed by atoms with Crippen molar-refractivity contribution < 1.29 is 23.7 Å². The molecule has 1 fully saturated rings. The fourth-order valence-corrected chi connectivity index (χ4v) is 6.36. The van der Waals surface area contributed by atoms with Gasteiger partial charge in [-0.05, 0) is 41.0 Å². The van der Waals surface area contributed by atoms with Crippen LogP contribution in [0.25, 0.3) is 0 Å². The van der Waals surface area contributed by atoms with Crippen LogP contribution < -0.4 is 0 Å². The predicted molar refractivity (Wildman–Crippen MR) is 166 cm³/mol. The number of hydrogen-bond acceptors (Lipinski definition) is 6. The molecule has 0 amide bonds. The molecule has 0 saturated carbocycles. The predicted octanol–water partition coefficient (Wildman–Crippen LogP) is 7.75. The lowest BCUT2D eigenvalue weighted by Crippen LogP contribution is -2.57. The van der Waals surface area contributed by atoms with Crippen molar-refractivity contribution in [1.82, 2.24) is 0 Å². The standard InChI is InChI=1S/C35H35ClO5S/c36-29-16-18-30(19-17-29)42-35-31(20-21-37)33(39-23-27-12-6-2-7-13-27)34(40-24-28-14-8-3-9-15-28)32(41-35)25-38-22-26-10-4-1-5-11-26/h1-19,21,31-35H,20,22-25H2/t31-,32-,33-,34-,35+/m1/s1. The summed E-state index contributed by atoms with van der Waals surface area (Å²) in [5.74, 6) is -0.252. The van der Waals surface area contributed by atoms with Crippen LogP contribution in [0.5, 0.6) is 0 Å². The zero-order chi connectivity index (χ0) is 29.0. The molecular formula is C35H35ClO5S. The number of benzene rings is 4. The number of rotatable bonds is 14. The van der Waals surface area contributed by atoms with Gasteiger partial charge in [0.2, 0.25) is 0 Å². The Kier molecular flexibility index (Phi) is 11.6. The molecule has 0 bridgehead atoms. The van der Waals surface area contributed by atoms with Crippen molar-refractivity contribution in [1.29, 1.82) is 0 Å². The molecule has 5 nitrogen and oxygen atoms in total. The summed E-state index contributed by atoms with van der Waals surface area (Å²) >= 11 is 7.72. The summed E-state index contributed by atoms with van der Waals surface area (Å²) in [6.45, 7) is 1.54. The van der Waals surface area contributed by atoms with Gasteiger partial charge >= 0.3 is 0 Å². The Morgan fingerprint density at radius 3 is 1.76 bits per heavy atom. The molecule has 1 heterocycles. The van der Waals surface area contributed by atoms with Crippen LogP contribution in [0.2, 0.25) is 5.02 Å². The summed E-state index contributed by atoms with van der Waals surface area (Å²) in [6, 6.07) is 37.8. The molecule has 7 heteroatoms. The molecule has 0 unspecified atom stereocenters. The van der Waals surface area contributed by atoms with Gasteiger partial charge in [-0.15, -0.1) is 0 Å². The minimum absolute atomic E-state index is 0.252. The molecule has 0 aliphatic carbocycles. The minimum atomic E-state index is -0.461. The molecule has 0 N–H and O–H groups in total. The SMILES string of the molecule is O=CC[C@@H]1[C@@H](OCc2ccccc2)[C@H](OCc2ccccc2)[C@@H](COCc2ccccc2)O[C@H]1Sc1ccc(Cl)cc1. The van der Waals surface area contributed by atoms with Gasteiger partial charge in [0.15, 0.2) is 0 Å². The van der Waals surface area contributed by atoms with Crippen molar-refractivity contribution in [2.24, 2.45) is 5.92 Å². The van der Waals surface area contributed by atoms with Gasteiger partial charge in [-0.1, -0.05) is 114 Å². The lowest BCUT2D eigenvalue weighted by molar-refractivity contribution is -0.227. The zero-order valence-corrected chi connectivity index (χ0v) is 24.9. The summed E-state index contributed by atoms with van der Waals surface area (Å²) in [5, 5.41) is 0.666. The van der Waals surface area contributed by atoms with E-state index in [4.69, 9.17) is 30.5 Å². The largest absolute Gasteiger partial charge is 0.374 e. The second-order valence-electron chi connectivity index (χ2n) is 10.2. The van der Waals surface area contributed by atoms with Gasteiger partial charge in [0, 0.05) is 22.3 Å². The first-order valence-electron chi connectivity index (χ1n) is 14.1. The van der Waals surface area contributed by atoms with Gasteiger partial charge in [-0.2, -0.15) is 0 Å². The van der Waals surface area contributed by atoms with Gasteiger partial charge in [-0.25, -0.2) is 0 Å². The number of ether oxygens (including phenoxy) is 4. The van der Waals surface area contributed by atoms with Gasteiger partial charge in [0.1, 0.15) is 23.9 Å². The van der Waals surface area contributed by atoms with E-state index in [2.05, 4.69) is 0 Å². The molecule has 4 aromatic carbocycles. The van der Waals surface area contributed by atoms with Gasteiger partial charge in [0.05, 0.1) is 32.5 Å². The fourth-order valence-electron chi connectivity index (χ4n) is 5.03. The number of hydrogen-bond donors (Lipinski definition) is 0. The lowest BCUT2D eigenvalue weighted by Gasteiger charge is -2.46. The lowest BCUT2D eigenvalue weighted by atomic mass is 9.89. The maximum Gasteiger partial charge on any atom is 0.120 e. The third kappa shape index (κ3) is 8.77. The number of carbonyl (C=O) groups excluding carboxylic acids is 1. The van der Waals surface area contributed by atoms with Gasteiger partial charge in [0.25, 0.3) is 0 Å². The molecule has 4 aromatic rings. The Morgan fingerprint density at radius 1 is 0.690 bits per heavy atom. The monoisotopic (exact) mass is 602 g/mol. The van der Waals surface area contributed by atoms with Gasteiger partial charge < -0.3 is 23.7 Å². The molecule has 1 saturated heterocycles. The summed E-state index contributed by atoms with van der Waals surface area (Å²) in [6.07, 6.45) is -0.0818. The molecule has 0 radical (unpaired) electrons. The van der Waals surface area contributed by atoms with Crippen LogP contribution >= 0.6 is 23.4 Å². The van der Waals surface area contributed by atoms with Crippen molar-refractivity contribution in [3.8, 4) is 0 Å². The summed E-state index contributed by atoms with van der Waals surface area (Å²) in [4.78, 5) is 13.0. The first-order chi connectivity index (χ1) is 20.7. The maximum atomic E-state index is 12.0. The molecule has 0 aromatic heterocycles.